The van der Waals surface area contributed by atoms with Crippen molar-refractivity contribution in [2.24, 2.45) is 5.41 Å². The van der Waals surface area contributed by atoms with Gasteiger partial charge in [0.15, 0.2) is 0 Å². The molecule has 2 aliphatic rings. The van der Waals surface area contributed by atoms with Crippen molar-refractivity contribution in [1.82, 2.24) is 10.2 Å². The topological polar surface area (TPSA) is 15.3 Å². The first-order valence-electron chi connectivity index (χ1n) is 7.16. The Morgan fingerprint density at radius 2 is 2.12 bits per heavy atom. The van der Waals surface area contributed by atoms with Crippen molar-refractivity contribution in [3.05, 3.63) is 0 Å². The van der Waals surface area contributed by atoms with Gasteiger partial charge in [0.2, 0.25) is 0 Å². The van der Waals surface area contributed by atoms with E-state index >= 15 is 0 Å². The Kier molecular flexibility index (Phi) is 4.79. The summed E-state index contributed by atoms with van der Waals surface area (Å²) in [4.78, 5) is 2.68. The minimum atomic E-state index is 0.420. The largest absolute Gasteiger partial charge is 0.313 e. The summed E-state index contributed by atoms with van der Waals surface area (Å²) in [6, 6.07) is 0.842. The number of thioether (sulfide) groups is 1. The highest BCUT2D eigenvalue weighted by Gasteiger charge is 2.28. The minimum absolute atomic E-state index is 0.420. The molecule has 0 spiro atoms. The van der Waals surface area contributed by atoms with Gasteiger partial charge < -0.3 is 10.2 Å². The third-order valence-electron chi connectivity index (χ3n) is 3.78. The summed E-state index contributed by atoms with van der Waals surface area (Å²) >= 11 is 2.16. The van der Waals surface area contributed by atoms with Crippen molar-refractivity contribution < 1.29 is 0 Å². The Bertz CT molecular complexity index is 238. The second-order valence-corrected chi connectivity index (χ2v) is 7.86. The summed E-state index contributed by atoms with van der Waals surface area (Å²) in [6.45, 7) is 12.2. The molecule has 0 aromatic rings. The van der Waals surface area contributed by atoms with Crippen molar-refractivity contribution in [3.8, 4) is 0 Å². The van der Waals surface area contributed by atoms with E-state index in [9.17, 15) is 0 Å². The monoisotopic (exact) mass is 256 g/mol. The number of hydrogen-bond donors (Lipinski definition) is 1. The van der Waals surface area contributed by atoms with Gasteiger partial charge in [0.05, 0.1) is 0 Å². The van der Waals surface area contributed by atoms with Gasteiger partial charge in [-0.3, -0.25) is 0 Å². The van der Waals surface area contributed by atoms with Gasteiger partial charge in [0.25, 0.3) is 0 Å². The predicted octanol–water partition coefficient (Wildman–Crippen LogP) is 2.59. The van der Waals surface area contributed by atoms with Gasteiger partial charge in [-0.15, -0.1) is 0 Å². The second-order valence-electron chi connectivity index (χ2n) is 6.46. The first kappa shape index (κ1) is 13.7. The molecule has 0 amide bonds. The maximum absolute atomic E-state index is 3.68. The first-order valence-corrected chi connectivity index (χ1v) is 8.21. The fourth-order valence-electron chi connectivity index (χ4n) is 2.54. The molecular weight excluding hydrogens is 228 g/mol. The molecule has 1 aliphatic heterocycles. The van der Waals surface area contributed by atoms with Crippen LogP contribution in [0.5, 0.6) is 0 Å². The maximum Gasteiger partial charge on any atom is 0.0172 e. The van der Waals surface area contributed by atoms with Gasteiger partial charge in [-0.05, 0) is 24.7 Å². The van der Waals surface area contributed by atoms with Crippen LogP contribution < -0.4 is 5.32 Å². The molecule has 2 fully saturated rings. The average Bonchev–Trinajstić information content (AvgIpc) is 3.10. The predicted molar refractivity (Wildman–Crippen MR) is 77.8 cm³/mol. The van der Waals surface area contributed by atoms with Gasteiger partial charge in [0, 0.05) is 43.2 Å². The quantitative estimate of drug-likeness (QED) is 0.786. The Balaban J connectivity index is 1.73. The van der Waals surface area contributed by atoms with E-state index in [-0.39, 0.29) is 0 Å². The first-order chi connectivity index (χ1) is 8.09. The van der Waals surface area contributed by atoms with Crippen LogP contribution in [0, 0.1) is 5.41 Å². The van der Waals surface area contributed by atoms with Crippen molar-refractivity contribution in [1.29, 1.82) is 0 Å². The van der Waals surface area contributed by atoms with E-state index in [1.54, 1.807) is 0 Å². The molecule has 0 bridgehead atoms. The van der Waals surface area contributed by atoms with Gasteiger partial charge in [-0.1, -0.05) is 20.8 Å². The summed E-state index contributed by atoms with van der Waals surface area (Å²) in [5, 5.41) is 4.55. The average molecular weight is 256 g/mol. The van der Waals surface area contributed by atoms with Crippen molar-refractivity contribution in [2.45, 2.75) is 51.3 Å². The number of nitrogens with one attached hydrogen (secondary N) is 1. The molecule has 0 aromatic heterocycles. The van der Waals surface area contributed by atoms with Crippen LogP contribution >= 0.6 is 11.8 Å². The molecule has 1 heterocycles. The van der Waals surface area contributed by atoms with E-state index in [4.69, 9.17) is 0 Å². The highest BCUT2D eigenvalue weighted by Crippen LogP contribution is 2.26. The van der Waals surface area contributed by atoms with E-state index in [1.807, 2.05) is 0 Å². The molecule has 2 rings (SSSR count). The van der Waals surface area contributed by atoms with Gasteiger partial charge in [0.1, 0.15) is 0 Å². The smallest absolute Gasteiger partial charge is 0.0172 e. The number of rotatable bonds is 6. The summed E-state index contributed by atoms with van der Waals surface area (Å²) in [7, 11) is 0. The maximum atomic E-state index is 3.68. The fraction of sp³-hybridized carbons (Fsp3) is 1.00. The summed E-state index contributed by atoms with van der Waals surface area (Å²) in [5.41, 5.74) is 0.420. The molecule has 1 N–H and O–H groups in total. The molecule has 1 unspecified atom stereocenters. The molecule has 1 atom stereocenters. The van der Waals surface area contributed by atoms with Crippen LogP contribution in [0.4, 0.5) is 0 Å². The van der Waals surface area contributed by atoms with E-state index in [0.29, 0.717) is 5.41 Å². The van der Waals surface area contributed by atoms with Gasteiger partial charge >= 0.3 is 0 Å². The van der Waals surface area contributed by atoms with Crippen LogP contribution in [-0.4, -0.2) is 48.1 Å². The highest BCUT2D eigenvalue weighted by atomic mass is 32.2. The number of hydrogen-bond acceptors (Lipinski definition) is 3. The molecular formula is C14H28N2S. The molecule has 1 saturated heterocycles. The van der Waals surface area contributed by atoms with Crippen LogP contribution in [0.1, 0.15) is 40.0 Å². The van der Waals surface area contributed by atoms with Crippen LogP contribution in [0.3, 0.4) is 0 Å². The standard InChI is InChI=1S/C14H28N2S/c1-4-13-9-16(7-8-17-13)11-14(2,3)10-15-12-5-6-12/h12-13,15H,4-11H2,1-3H3. The van der Waals surface area contributed by atoms with E-state index in [2.05, 4.69) is 42.7 Å². The van der Waals surface area contributed by atoms with Crippen LogP contribution in [0.15, 0.2) is 0 Å². The molecule has 3 heteroatoms. The summed E-state index contributed by atoms with van der Waals surface area (Å²) in [5.74, 6) is 1.32. The van der Waals surface area contributed by atoms with Crippen LogP contribution in [0.2, 0.25) is 0 Å². The van der Waals surface area contributed by atoms with Crippen LogP contribution in [0.25, 0.3) is 0 Å². The SMILES string of the molecule is CCC1CN(CC(C)(C)CNC2CC2)CCS1. The third-order valence-corrected chi connectivity index (χ3v) is 5.15. The lowest BCUT2D eigenvalue weighted by Crippen LogP contribution is -2.46. The molecule has 2 nitrogen and oxygen atoms in total. The molecule has 17 heavy (non-hydrogen) atoms. The molecule has 0 radical (unpaired) electrons. The molecule has 100 valence electrons. The zero-order chi connectivity index (χ0) is 12.3. The van der Waals surface area contributed by atoms with E-state index in [0.717, 1.165) is 11.3 Å². The zero-order valence-electron chi connectivity index (χ0n) is 11.7. The Labute approximate surface area is 111 Å². The Morgan fingerprint density at radius 1 is 1.35 bits per heavy atom. The van der Waals surface area contributed by atoms with E-state index in [1.165, 1.54) is 51.2 Å². The Hall–Kier alpha value is 0.270. The van der Waals surface area contributed by atoms with Gasteiger partial charge in [-0.25, -0.2) is 0 Å². The molecule has 1 aliphatic carbocycles. The molecule has 1 saturated carbocycles. The summed E-state index contributed by atoms with van der Waals surface area (Å²) in [6.07, 6.45) is 4.12. The lowest BCUT2D eigenvalue weighted by atomic mass is 9.92. The second kappa shape index (κ2) is 5.94. The normalized spacial score (nSPS) is 27.4. The highest BCUT2D eigenvalue weighted by molar-refractivity contribution is 8.00. The van der Waals surface area contributed by atoms with Crippen molar-refractivity contribution in [3.63, 3.8) is 0 Å². The number of nitrogens with zero attached hydrogens (tertiary/aromatic N) is 1. The minimum Gasteiger partial charge on any atom is -0.313 e. The fourth-order valence-corrected chi connectivity index (χ4v) is 3.79. The third kappa shape index (κ3) is 4.80. The Morgan fingerprint density at radius 3 is 2.76 bits per heavy atom. The van der Waals surface area contributed by atoms with Gasteiger partial charge in [-0.2, -0.15) is 11.8 Å². The summed E-state index contributed by atoms with van der Waals surface area (Å²) < 4.78 is 0. The lowest BCUT2D eigenvalue weighted by molar-refractivity contribution is 0.177. The van der Waals surface area contributed by atoms with Crippen molar-refractivity contribution >= 4 is 11.8 Å². The van der Waals surface area contributed by atoms with Crippen molar-refractivity contribution in [2.75, 3.05) is 31.9 Å². The lowest BCUT2D eigenvalue weighted by Gasteiger charge is -2.37. The van der Waals surface area contributed by atoms with E-state index < -0.39 is 0 Å². The molecule has 0 aromatic carbocycles. The van der Waals surface area contributed by atoms with Crippen LogP contribution in [-0.2, 0) is 0 Å². The zero-order valence-corrected chi connectivity index (χ0v) is 12.5.